The predicted octanol–water partition coefficient (Wildman–Crippen LogP) is 2.25. The second kappa shape index (κ2) is 6.93. The molecule has 2 aromatic heterocycles. The van der Waals surface area contributed by atoms with E-state index >= 15 is 0 Å². The van der Waals surface area contributed by atoms with Crippen LogP contribution in [0, 0.1) is 19.8 Å². The minimum Gasteiger partial charge on any atom is -0.381 e. The van der Waals surface area contributed by atoms with Crippen LogP contribution in [0.5, 0.6) is 0 Å². The summed E-state index contributed by atoms with van der Waals surface area (Å²) in [5, 5.41) is 6.05. The van der Waals surface area contributed by atoms with E-state index in [4.69, 9.17) is 9.26 Å². The van der Waals surface area contributed by atoms with Crippen LogP contribution in [0.25, 0.3) is 0 Å². The van der Waals surface area contributed by atoms with Gasteiger partial charge in [0.05, 0.1) is 10.3 Å². The van der Waals surface area contributed by atoms with Gasteiger partial charge >= 0.3 is 0 Å². The number of amides is 1. The zero-order valence-electron chi connectivity index (χ0n) is 16.4. The second-order valence-corrected chi connectivity index (χ2v) is 9.31. The molecule has 0 unspecified atom stereocenters. The lowest BCUT2D eigenvalue weighted by atomic mass is 9.81. The summed E-state index contributed by atoms with van der Waals surface area (Å²) < 4.78 is 11.2. The first-order chi connectivity index (χ1) is 13.6. The Morgan fingerprint density at radius 3 is 2.75 bits per heavy atom. The van der Waals surface area contributed by atoms with Crippen LogP contribution in [-0.4, -0.2) is 71.3 Å². The fourth-order valence-electron chi connectivity index (χ4n) is 5.12. The van der Waals surface area contributed by atoms with Gasteiger partial charge in [0.2, 0.25) is 5.89 Å². The maximum atomic E-state index is 13.2. The van der Waals surface area contributed by atoms with Gasteiger partial charge in [-0.2, -0.15) is 4.98 Å². The Morgan fingerprint density at radius 2 is 2.07 bits per heavy atom. The van der Waals surface area contributed by atoms with E-state index in [1.807, 2.05) is 30.2 Å². The number of hydrogen-bond donors (Lipinski definition) is 0. The standard InChI is InChI=1S/C20H26N4O3S/c1-13-5-8-28-17(13)18(25)24-10-15-9-23(16-3-6-26-7-4-16)11-20(15,12-24)19-21-14(2)22-27-19/h5,8,15-16H,3-4,6-7,9-12H2,1-2H3/t15-,20-/m1/s1. The Hall–Kier alpha value is -1.77. The van der Waals surface area contributed by atoms with Gasteiger partial charge in [0.15, 0.2) is 5.82 Å². The van der Waals surface area contributed by atoms with Crippen LogP contribution in [0.3, 0.4) is 0 Å². The summed E-state index contributed by atoms with van der Waals surface area (Å²) in [7, 11) is 0. The molecule has 2 atom stereocenters. The van der Waals surface area contributed by atoms with Gasteiger partial charge in [0, 0.05) is 51.4 Å². The topological polar surface area (TPSA) is 71.7 Å². The Bertz CT molecular complexity index is 874. The fourth-order valence-corrected chi connectivity index (χ4v) is 6.02. The monoisotopic (exact) mass is 402 g/mol. The first kappa shape index (κ1) is 18.3. The molecule has 0 saturated carbocycles. The summed E-state index contributed by atoms with van der Waals surface area (Å²) in [4.78, 5) is 23.2. The largest absolute Gasteiger partial charge is 0.381 e. The third-order valence-electron chi connectivity index (χ3n) is 6.64. The summed E-state index contributed by atoms with van der Waals surface area (Å²) in [6, 6.07) is 2.56. The lowest BCUT2D eigenvalue weighted by Gasteiger charge is -2.33. The lowest BCUT2D eigenvalue weighted by molar-refractivity contribution is 0.0369. The van der Waals surface area contributed by atoms with Crippen LogP contribution in [0.4, 0.5) is 0 Å². The molecule has 0 radical (unpaired) electrons. The number of hydrogen-bond acceptors (Lipinski definition) is 7. The maximum absolute atomic E-state index is 13.2. The highest BCUT2D eigenvalue weighted by molar-refractivity contribution is 7.12. The van der Waals surface area contributed by atoms with E-state index in [0.717, 1.165) is 56.1 Å². The SMILES string of the molecule is Cc1noc([C@]23CN(C(=O)c4sccc4C)C[C@H]2CN(C2CCOCC2)C3)n1. The van der Waals surface area contributed by atoms with Crippen molar-refractivity contribution in [3.63, 3.8) is 0 Å². The van der Waals surface area contributed by atoms with Crippen LogP contribution in [0.1, 0.15) is 39.8 Å². The van der Waals surface area contributed by atoms with Gasteiger partial charge in [0.1, 0.15) is 0 Å². The van der Waals surface area contributed by atoms with Gasteiger partial charge in [-0.25, -0.2) is 0 Å². The van der Waals surface area contributed by atoms with Crippen molar-refractivity contribution in [2.75, 3.05) is 39.4 Å². The van der Waals surface area contributed by atoms with Crippen molar-refractivity contribution in [1.29, 1.82) is 0 Å². The molecule has 150 valence electrons. The molecule has 5 heterocycles. The molecule has 3 aliphatic rings. The first-order valence-corrected chi connectivity index (χ1v) is 10.9. The number of aromatic nitrogens is 2. The van der Waals surface area contributed by atoms with E-state index in [0.29, 0.717) is 30.2 Å². The highest BCUT2D eigenvalue weighted by Gasteiger charge is 2.58. The molecular formula is C20H26N4O3S. The van der Waals surface area contributed by atoms with Gasteiger partial charge in [-0.3, -0.25) is 9.69 Å². The maximum Gasteiger partial charge on any atom is 0.264 e. The van der Waals surface area contributed by atoms with E-state index in [2.05, 4.69) is 15.0 Å². The van der Waals surface area contributed by atoms with Gasteiger partial charge < -0.3 is 14.2 Å². The zero-order chi connectivity index (χ0) is 19.3. The molecule has 8 heteroatoms. The smallest absolute Gasteiger partial charge is 0.264 e. The van der Waals surface area contributed by atoms with E-state index in [1.54, 1.807) is 0 Å². The third-order valence-corrected chi connectivity index (χ3v) is 7.64. The molecule has 0 aliphatic carbocycles. The Kier molecular flexibility index (Phi) is 4.52. The second-order valence-electron chi connectivity index (χ2n) is 8.39. The molecule has 7 nitrogen and oxygen atoms in total. The summed E-state index contributed by atoms with van der Waals surface area (Å²) in [5.41, 5.74) is 0.791. The molecule has 3 fully saturated rings. The van der Waals surface area contributed by atoms with Crippen molar-refractivity contribution in [1.82, 2.24) is 19.9 Å². The molecule has 3 saturated heterocycles. The highest BCUT2D eigenvalue weighted by Crippen LogP contribution is 2.46. The molecule has 2 aromatic rings. The van der Waals surface area contributed by atoms with Crippen LogP contribution in [-0.2, 0) is 10.2 Å². The number of likely N-dealkylation sites (tertiary alicyclic amines) is 2. The van der Waals surface area contributed by atoms with Crippen LogP contribution in [0.15, 0.2) is 16.0 Å². The number of aryl methyl sites for hydroxylation is 2. The number of nitrogens with zero attached hydrogens (tertiary/aromatic N) is 4. The molecule has 0 N–H and O–H groups in total. The predicted molar refractivity (Wildman–Crippen MR) is 105 cm³/mol. The van der Waals surface area contributed by atoms with Crippen molar-refractivity contribution in [2.45, 2.75) is 38.1 Å². The number of thiophene rings is 1. The van der Waals surface area contributed by atoms with E-state index in [1.165, 1.54) is 11.3 Å². The number of fused-ring (bicyclic) bond motifs is 1. The molecule has 3 aliphatic heterocycles. The molecule has 0 aromatic carbocycles. The van der Waals surface area contributed by atoms with Crippen molar-refractivity contribution < 1.29 is 14.1 Å². The molecule has 1 amide bonds. The van der Waals surface area contributed by atoms with E-state index < -0.39 is 0 Å². The summed E-state index contributed by atoms with van der Waals surface area (Å²) >= 11 is 1.53. The quantitative estimate of drug-likeness (QED) is 0.784. The fraction of sp³-hybridized carbons (Fsp3) is 0.650. The summed E-state index contributed by atoms with van der Waals surface area (Å²) in [6.07, 6.45) is 2.14. The summed E-state index contributed by atoms with van der Waals surface area (Å²) in [5.74, 6) is 1.81. The Balaban J connectivity index is 1.43. The van der Waals surface area contributed by atoms with E-state index in [-0.39, 0.29) is 11.3 Å². The van der Waals surface area contributed by atoms with Gasteiger partial charge in [-0.05, 0) is 43.7 Å². The van der Waals surface area contributed by atoms with Gasteiger partial charge in [-0.1, -0.05) is 5.16 Å². The number of carbonyl (C=O) groups is 1. The van der Waals surface area contributed by atoms with Gasteiger partial charge in [-0.15, -0.1) is 11.3 Å². The average Bonchev–Trinajstić information content (AvgIpc) is 3.44. The van der Waals surface area contributed by atoms with Crippen molar-refractivity contribution >= 4 is 17.2 Å². The third kappa shape index (κ3) is 2.89. The molecule has 28 heavy (non-hydrogen) atoms. The normalized spacial score (nSPS) is 28.8. The van der Waals surface area contributed by atoms with Crippen LogP contribution >= 0.6 is 11.3 Å². The summed E-state index contributed by atoms with van der Waals surface area (Å²) in [6.45, 7) is 8.77. The number of rotatable bonds is 3. The first-order valence-electron chi connectivity index (χ1n) is 10.0. The van der Waals surface area contributed by atoms with Gasteiger partial charge in [0.25, 0.3) is 5.91 Å². The van der Waals surface area contributed by atoms with Crippen molar-refractivity contribution in [3.8, 4) is 0 Å². The van der Waals surface area contributed by atoms with Crippen LogP contribution < -0.4 is 0 Å². The minimum atomic E-state index is -0.264. The molecule has 0 bridgehead atoms. The molecule has 0 spiro atoms. The van der Waals surface area contributed by atoms with Crippen molar-refractivity contribution in [2.24, 2.45) is 5.92 Å². The van der Waals surface area contributed by atoms with Crippen molar-refractivity contribution in [3.05, 3.63) is 33.6 Å². The van der Waals surface area contributed by atoms with Crippen LogP contribution in [0.2, 0.25) is 0 Å². The molecular weight excluding hydrogens is 376 g/mol. The number of carbonyl (C=O) groups excluding carboxylic acids is 1. The van der Waals surface area contributed by atoms with E-state index in [9.17, 15) is 4.79 Å². The average molecular weight is 403 g/mol. The minimum absolute atomic E-state index is 0.134. The lowest BCUT2D eigenvalue weighted by Crippen LogP contribution is -2.44. The molecule has 5 rings (SSSR count). The Morgan fingerprint density at radius 1 is 1.25 bits per heavy atom. The Labute approximate surface area is 168 Å². The number of ether oxygens (including phenoxy) is 1. The highest BCUT2D eigenvalue weighted by atomic mass is 32.1. The zero-order valence-corrected chi connectivity index (χ0v) is 17.2.